The molecular formula is C14H17Br2N3O. The molecule has 0 aliphatic carbocycles. The van der Waals surface area contributed by atoms with Gasteiger partial charge in [-0.3, -0.25) is 4.68 Å². The van der Waals surface area contributed by atoms with Crippen LogP contribution in [-0.4, -0.2) is 23.5 Å². The molecule has 4 nitrogen and oxygen atoms in total. The molecule has 6 heteroatoms. The summed E-state index contributed by atoms with van der Waals surface area (Å²) in [5.74, 6) is 0. The van der Waals surface area contributed by atoms with Gasteiger partial charge in [0.15, 0.2) is 0 Å². The van der Waals surface area contributed by atoms with Crippen LogP contribution in [0.25, 0.3) is 0 Å². The van der Waals surface area contributed by atoms with Crippen LogP contribution in [0.15, 0.2) is 33.3 Å². The Balaban J connectivity index is 2.40. The Labute approximate surface area is 135 Å². The van der Waals surface area contributed by atoms with Crippen molar-refractivity contribution in [1.82, 2.24) is 9.78 Å². The second-order valence-electron chi connectivity index (χ2n) is 4.55. The lowest BCUT2D eigenvalue weighted by molar-refractivity contribution is 0.182. The number of nitrogens with two attached hydrogens (primary N) is 1. The number of benzene rings is 1. The van der Waals surface area contributed by atoms with E-state index in [4.69, 9.17) is 10.5 Å². The number of ether oxygens (including phenoxy) is 1. The molecule has 0 aliphatic heterocycles. The summed E-state index contributed by atoms with van der Waals surface area (Å²) in [7, 11) is 1.68. The molecule has 1 aromatic heterocycles. The first-order valence-electron chi connectivity index (χ1n) is 6.27. The van der Waals surface area contributed by atoms with Crippen LogP contribution in [0.2, 0.25) is 0 Å². The zero-order chi connectivity index (χ0) is 14.7. The molecule has 20 heavy (non-hydrogen) atoms. The highest BCUT2D eigenvalue weighted by Crippen LogP contribution is 2.32. The van der Waals surface area contributed by atoms with Gasteiger partial charge in [-0.25, -0.2) is 0 Å². The molecule has 0 amide bonds. The van der Waals surface area contributed by atoms with Crippen LogP contribution in [0.3, 0.4) is 0 Å². The highest BCUT2D eigenvalue weighted by atomic mass is 79.9. The predicted octanol–water partition coefficient (Wildman–Crippen LogP) is 3.41. The quantitative estimate of drug-likeness (QED) is 0.833. The SMILES string of the molecule is COCCn1ncc(Br)c1C(N)c1cccc(C)c1Br. The van der Waals surface area contributed by atoms with E-state index in [0.29, 0.717) is 13.2 Å². The van der Waals surface area contributed by atoms with Gasteiger partial charge < -0.3 is 10.5 Å². The predicted molar refractivity (Wildman–Crippen MR) is 86.7 cm³/mol. The molecular weight excluding hydrogens is 386 g/mol. The third kappa shape index (κ3) is 3.14. The number of halogens is 2. The van der Waals surface area contributed by atoms with E-state index in [1.807, 2.05) is 16.8 Å². The zero-order valence-corrected chi connectivity index (χ0v) is 14.6. The number of methoxy groups -OCH3 is 1. The van der Waals surface area contributed by atoms with Crippen molar-refractivity contribution >= 4 is 31.9 Å². The molecule has 0 spiro atoms. The first-order valence-corrected chi connectivity index (χ1v) is 7.85. The second-order valence-corrected chi connectivity index (χ2v) is 6.20. The van der Waals surface area contributed by atoms with Gasteiger partial charge in [0.2, 0.25) is 0 Å². The van der Waals surface area contributed by atoms with Gasteiger partial charge in [-0.05, 0) is 34.0 Å². The zero-order valence-electron chi connectivity index (χ0n) is 11.4. The lowest BCUT2D eigenvalue weighted by atomic mass is 10.0. The molecule has 2 rings (SSSR count). The molecule has 1 atom stereocenters. The van der Waals surface area contributed by atoms with Crippen molar-refractivity contribution in [3.8, 4) is 0 Å². The topological polar surface area (TPSA) is 53.1 Å². The highest BCUT2D eigenvalue weighted by molar-refractivity contribution is 9.10. The summed E-state index contributed by atoms with van der Waals surface area (Å²) in [5, 5.41) is 4.35. The monoisotopic (exact) mass is 401 g/mol. The minimum atomic E-state index is -0.252. The van der Waals surface area contributed by atoms with E-state index in [1.165, 1.54) is 0 Å². The molecule has 0 radical (unpaired) electrons. The maximum Gasteiger partial charge on any atom is 0.0745 e. The van der Waals surface area contributed by atoms with Crippen LogP contribution in [0.1, 0.15) is 22.9 Å². The third-order valence-corrected chi connectivity index (χ3v) is 4.89. The van der Waals surface area contributed by atoms with E-state index in [-0.39, 0.29) is 6.04 Å². The molecule has 0 aliphatic rings. The fourth-order valence-electron chi connectivity index (χ4n) is 2.09. The van der Waals surface area contributed by atoms with Crippen molar-refractivity contribution in [2.45, 2.75) is 19.5 Å². The number of hydrogen-bond donors (Lipinski definition) is 1. The molecule has 0 fully saturated rings. The number of aromatic nitrogens is 2. The maximum absolute atomic E-state index is 6.44. The Morgan fingerprint density at radius 3 is 2.85 bits per heavy atom. The Morgan fingerprint density at radius 2 is 2.15 bits per heavy atom. The number of aryl methyl sites for hydroxylation is 1. The smallest absolute Gasteiger partial charge is 0.0745 e. The fourth-order valence-corrected chi connectivity index (χ4v) is 3.15. The first kappa shape index (κ1) is 15.7. The summed E-state index contributed by atoms with van der Waals surface area (Å²) < 4.78 is 8.95. The number of rotatable bonds is 5. The number of nitrogens with zero attached hydrogens (tertiary/aromatic N) is 2. The van der Waals surface area contributed by atoms with E-state index in [2.05, 4.69) is 49.9 Å². The van der Waals surface area contributed by atoms with Gasteiger partial charge in [0, 0.05) is 11.6 Å². The van der Waals surface area contributed by atoms with Gasteiger partial charge >= 0.3 is 0 Å². The summed E-state index contributed by atoms with van der Waals surface area (Å²) >= 11 is 7.15. The molecule has 2 aromatic rings. The lowest BCUT2D eigenvalue weighted by Gasteiger charge is -2.18. The maximum atomic E-state index is 6.44. The van der Waals surface area contributed by atoms with Crippen molar-refractivity contribution in [2.24, 2.45) is 5.73 Å². The summed E-state index contributed by atoms with van der Waals surface area (Å²) in [6, 6.07) is 5.84. The molecule has 108 valence electrons. The second kappa shape index (κ2) is 6.85. The molecule has 1 heterocycles. The molecule has 1 unspecified atom stereocenters. The van der Waals surface area contributed by atoms with Gasteiger partial charge in [-0.1, -0.05) is 34.1 Å². The Bertz CT molecular complexity index is 598. The third-order valence-electron chi connectivity index (χ3n) is 3.19. The van der Waals surface area contributed by atoms with Crippen molar-refractivity contribution in [1.29, 1.82) is 0 Å². The Hall–Kier alpha value is -0.690. The minimum absolute atomic E-state index is 0.252. The largest absolute Gasteiger partial charge is 0.383 e. The van der Waals surface area contributed by atoms with Crippen LogP contribution in [-0.2, 0) is 11.3 Å². The normalized spacial score (nSPS) is 12.7. The molecule has 0 saturated carbocycles. The van der Waals surface area contributed by atoms with Crippen LogP contribution in [0.5, 0.6) is 0 Å². The summed E-state index contributed by atoms with van der Waals surface area (Å²) in [6.07, 6.45) is 1.77. The average Bonchev–Trinajstić information content (AvgIpc) is 2.80. The summed E-state index contributed by atoms with van der Waals surface area (Å²) in [6.45, 7) is 3.33. The highest BCUT2D eigenvalue weighted by Gasteiger charge is 2.20. The summed E-state index contributed by atoms with van der Waals surface area (Å²) in [5.41, 5.74) is 9.60. The van der Waals surface area contributed by atoms with E-state index in [1.54, 1.807) is 13.3 Å². The molecule has 1 aromatic carbocycles. The first-order chi connectivity index (χ1) is 9.56. The Kier molecular flexibility index (Phi) is 5.37. The van der Waals surface area contributed by atoms with Crippen molar-refractivity contribution in [3.63, 3.8) is 0 Å². The van der Waals surface area contributed by atoms with E-state index < -0.39 is 0 Å². The van der Waals surface area contributed by atoms with E-state index >= 15 is 0 Å². The fraction of sp³-hybridized carbons (Fsp3) is 0.357. The molecule has 2 N–H and O–H groups in total. The van der Waals surface area contributed by atoms with Gasteiger partial charge in [-0.15, -0.1) is 0 Å². The summed E-state index contributed by atoms with van der Waals surface area (Å²) in [4.78, 5) is 0. The van der Waals surface area contributed by atoms with E-state index in [0.717, 1.165) is 25.8 Å². The van der Waals surface area contributed by atoms with Gasteiger partial charge in [0.1, 0.15) is 0 Å². The lowest BCUT2D eigenvalue weighted by Crippen LogP contribution is -2.20. The van der Waals surface area contributed by atoms with Crippen LogP contribution < -0.4 is 5.73 Å². The molecule has 0 saturated heterocycles. The average molecular weight is 403 g/mol. The van der Waals surface area contributed by atoms with Gasteiger partial charge in [0.25, 0.3) is 0 Å². The van der Waals surface area contributed by atoms with Gasteiger partial charge in [0.05, 0.1) is 35.6 Å². The van der Waals surface area contributed by atoms with Gasteiger partial charge in [-0.2, -0.15) is 5.10 Å². The van der Waals surface area contributed by atoms with E-state index in [9.17, 15) is 0 Å². The van der Waals surface area contributed by atoms with Crippen molar-refractivity contribution < 1.29 is 4.74 Å². The van der Waals surface area contributed by atoms with Crippen LogP contribution >= 0.6 is 31.9 Å². The standard InChI is InChI=1S/C14H17Br2N3O/c1-9-4-3-5-10(12(9)16)13(17)14-11(15)8-18-19(14)6-7-20-2/h3-5,8,13H,6-7,17H2,1-2H3. The number of hydrogen-bond acceptors (Lipinski definition) is 3. The minimum Gasteiger partial charge on any atom is -0.383 e. The Morgan fingerprint density at radius 1 is 1.40 bits per heavy atom. The van der Waals surface area contributed by atoms with Crippen LogP contribution in [0.4, 0.5) is 0 Å². The van der Waals surface area contributed by atoms with Crippen molar-refractivity contribution in [3.05, 3.63) is 50.2 Å². The van der Waals surface area contributed by atoms with Crippen LogP contribution in [0, 0.1) is 6.92 Å². The van der Waals surface area contributed by atoms with Crippen molar-refractivity contribution in [2.75, 3.05) is 13.7 Å². The molecule has 0 bridgehead atoms.